The van der Waals surface area contributed by atoms with Gasteiger partial charge in [-0.25, -0.2) is 4.79 Å². The minimum Gasteiger partial charge on any atom is -0.333 e. The molecule has 3 rings (SSSR count). The Hall–Kier alpha value is -1.40. The summed E-state index contributed by atoms with van der Waals surface area (Å²) in [5.41, 5.74) is 2.76. The molecule has 156 valence electrons. The molecule has 11 heteroatoms. The second-order valence-corrected chi connectivity index (χ2v) is 10.3. The van der Waals surface area contributed by atoms with Crippen LogP contribution in [0.1, 0.15) is 12.5 Å². The second kappa shape index (κ2) is 10.3. The van der Waals surface area contributed by atoms with Gasteiger partial charge >= 0.3 is 5.97 Å². The molecule has 0 saturated heterocycles. The van der Waals surface area contributed by atoms with Crippen LogP contribution in [0, 0.1) is 6.92 Å². The van der Waals surface area contributed by atoms with E-state index in [9.17, 15) is 9.59 Å². The highest BCUT2D eigenvalue weighted by atomic mass is 79.9. The summed E-state index contributed by atoms with van der Waals surface area (Å²) in [4.78, 5) is 30.4. The number of aromatic nitrogens is 2. The fraction of sp³-hybridized carbons (Fsp3) is 0.158. The van der Waals surface area contributed by atoms with Gasteiger partial charge in [0, 0.05) is 26.3 Å². The summed E-state index contributed by atoms with van der Waals surface area (Å²) < 4.78 is 6.61. The molecule has 0 aliphatic carbocycles. The number of carbonyl (C=O) groups excluding carboxylic acids is 2. The lowest BCUT2D eigenvalue weighted by Crippen LogP contribution is -2.35. The molecule has 0 atom stereocenters. The van der Waals surface area contributed by atoms with E-state index in [2.05, 4.69) is 54.1 Å². The third-order valence-electron chi connectivity index (χ3n) is 3.84. The maximum absolute atomic E-state index is 13.0. The summed E-state index contributed by atoms with van der Waals surface area (Å²) >= 11 is 13.9. The summed E-state index contributed by atoms with van der Waals surface area (Å²) in [6.45, 7) is 3.07. The Kier molecular flexibility index (Phi) is 7.97. The highest BCUT2D eigenvalue weighted by molar-refractivity contribution is 9.11. The molecule has 0 aliphatic heterocycles. The van der Waals surface area contributed by atoms with Gasteiger partial charge in [0.25, 0.3) is 5.91 Å². The first-order chi connectivity index (χ1) is 14.3. The summed E-state index contributed by atoms with van der Waals surface area (Å²) in [6.07, 6.45) is 0. The Morgan fingerprint density at radius 1 is 1.27 bits per heavy atom. The van der Waals surface area contributed by atoms with Crippen LogP contribution >= 0.6 is 67.8 Å². The number of halogens is 2. The fourth-order valence-electron chi connectivity index (χ4n) is 2.57. The second-order valence-electron chi connectivity index (χ2n) is 6.04. The van der Waals surface area contributed by atoms with Crippen molar-refractivity contribution in [2.24, 2.45) is 0 Å². The quantitative estimate of drug-likeness (QED) is 0.226. The van der Waals surface area contributed by atoms with Gasteiger partial charge < -0.3 is 4.84 Å². The molecule has 0 radical (unpaired) electrons. The molecular weight excluding hydrogens is 574 g/mol. The van der Waals surface area contributed by atoms with E-state index in [0.29, 0.717) is 16.3 Å². The molecule has 3 aromatic rings. The van der Waals surface area contributed by atoms with E-state index in [4.69, 9.17) is 4.84 Å². The summed E-state index contributed by atoms with van der Waals surface area (Å²) in [7, 11) is 0. The van der Waals surface area contributed by atoms with Gasteiger partial charge in [-0.2, -0.15) is 0 Å². The number of hydrogen-bond acceptors (Lipinski definition) is 8. The van der Waals surface area contributed by atoms with Gasteiger partial charge in [-0.3, -0.25) is 4.79 Å². The maximum Gasteiger partial charge on any atom is 0.330 e. The Morgan fingerprint density at radius 3 is 2.70 bits per heavy atom. The maximum atomic E-state index is 13.0. The van der Waals surface area contributed by atoms with Crippen molar-refractivity contribution in [3.05, 3.63) is 50.9 Å². The van der Waals surface area contributed by atoms with E-state index < -0.39 is 11.9 Å². The van der Waals surface area contributed by atoms with Gasteiger partial charge in [-0.1, -0.05) is 54.5 Å². The van der Waals surface area contributed by atoms with Crippen molar-refractivity contribution in [3.63, 3.8) is 0 Å². The van der Waals surface area contributed by atoms with Crippen molar-refractivity contribution in [1.29, 1.82) is 0 Å². The van der Waals surface area contributed by atoms with Gasteiger partial charge in [0.15, 0.2) is 0 Å². The van der Waals surface area contributed by atoms with Crippen molar-refractivity contribution in [2.75, 3.05) is 10.8 Å². The molecule has 0 fully saturated rings. The van der Waals surface area contributed by atoms with Crippen molar-refractivity contribution >= 4 is 85.3 Å². The number of thiol groups is 1. The van der Waals surface area contributed by atoms with Crippen LogP contribution < -0.4 is 5.06 Å². The number of aryl methyl sites for hydroxylation is 1. The highest BCUT2D eigenvalue weighted by Crippen LogP contribution is 2.38. The van der Waals surface area contributed by atoms with Crippen molar-refractivity contribution < 1.29 is 14.4 Å². The summed E-state index contributed by atoms with van der Waals surface area (Å²) in [5, 5.41) is 5.23. The molecule has 2 aromatic carbocycles. The number of rotatable bonds is 5. The number of thioether (sulfide) groups is 1. The van der Waals surface area contributed by atoms with Gasteiger partial charge in [-0.05, 0) is 42.2 Å². The van der Waals surface area contributed by atoms with E-state index in [1.54, 1.807) is 6.07 Å². The van der Waals surface area contributed by atoms with Crippen LogP contribution in [0.4, 0.5) is 5.69 Å². The zero-order valence-corrected chi connectivity index (χ0v) is 21.5. The lowest BCUT2D eigenvalue weighted by molar-refractivity contribution is -0.147. The standard InChI is InChI=1S/C19H15Br2N3O3S3/c1-10-4-3-5-15(28)18(10)24(27-11(2)25)16(26)9-29-19-17(22-23-30-19)13-7-6-12(20)8-14(13)21/h3-8,28H,9H2,1-2H3. The molecule has 0 bridgehead atoms. The summed E-state index contributed by atoms with van der Waals surface area (Å²) in [5.74, 6) is -0.961. The largest absolute Gasteiger partial charge is 0.333 e. The number of hydroxylamine groups is 1. The molecule has 0 spiro atoms. The van der Waals surface area contributed by atoms with E-state index in [1.165, 1.54) is 30.2 Å². The van der Waals surface area contributed by atoms with Gasteiger partial charge in [0.05, 0.1) is 5.75 Å². The monoisotopic (exact) mass is 587 g/mol. The van der Waals surface area contributed by atoms with Crippen LogP contribution in [-0.2, 0) is 14.4 Å². The highest BCUT2D eigenvalue weighted by Gasteiger charge is 2.25. The topological polar surface area (TPSA) is 72.4 Å². The lowest BCUT2D eigenvalue weighted by Gasteiger charge is -2.23. The van der Waals surface area contributed by atoms with Crippen LogP contribution in [-0.4, -0.2) is 27.2 Å². The molecule has 0 N–H and O–H groups in total. The average molecular weight is 589 g/mol. The third-order valence-corrected chi connectivity index (χ3v) is 7.29. The fourth-order valence-corrected chi connectivity index (χ4v) is 5.73. The molecule has 1 aromatic heterocycles. The molecule has 6 nitrogen and oxygen atoms in total. The Labute approximate surface area is 204 Å². The molecule has 0 aliphatic rings. The van der Waals surface area contributed by atoms with Crippen LogP contribution in [0.25, 0.3) is 11.3 Å². The Balaban J connectivity index is 1.83. The molecular formula is C19H15Br2N3O3S3. The minimum absolute atomic E-state index is 0.0276. The molecule has 1 heterocycles. The molecule has 0 unspecified atom stereocenters. The van der Waals surface area contributed by atoms with Crippen molar-refractivity contribution in [1.82, 2.24) is 9.59 Å². The van der Waals surface area contributed by atoms with Gasteiger partial charge in [-0.15, -0.1) is 34.6 Å². The first-order valence-electron chi connectivity index (χ1n) is 8.48. The predicted molar refractivity (Wildman–Crippen MR) is 129 cm³/mol. The number of carbonyl (C=O) groups is 2. The zero-order valence-electron chi connectivity index (χ0n) is 15.8. The first-order valence-corrected chi connectivity index (χ1v) is 12.3. The number of anilines is 1. The van der Waals surface area contributed by atoms with Crippen molar-refractivity contribution in [3.8, 4) is 11.3 Å². The van der Waals surface area contributed by atoms with Crippen LogP contribution in [0.15, 0.2) is 54.4 Å². The van der Waals surface area contributed by atoms with Crippen molar-refractivity contribution in [2.45, 2.75) is 23.0 Å². The summed E-state index contributed by atoms with van der Waals surface area (Å²) in [6, 6.07) is 11.1. The molecule has 0 saturated carbocycles. The van der Waals surface area contributed by atoms with Crippen LogP contribution in [0.5, 0.6) is 0 Å². The average Bonchev–Trinajstić information content (AvgIpc) is 3.13. The first kappa shape index (κ1) is 23.3. The van der Waals surface area contributed by atoms with E-state index in [0.717, 1.165) is 29.3 Å². The number of benzene rings is 2. The number of hydrogen-bond donors (Lipinski definition) is 1. The van der Waals surface area contributed by atoms with E-state index in [-0.39, 0.29) is 5.75 Å². The molecule has 30 heavy (non-hydrogen) atoms. The van der Waals surface area contributed by atoms with Gasteiger partial charge in [0.2, 0.25) is 0 Å². The Bertz CT molecular complexity index is 1090. The number of nitrogens with zero attached hydrogens (tertiary/aromatic N) is 3. The van der Waals surface area contributed by atoms with E-state index >= 15 is 0 Å². The minimum atomic E-state index is -0.594. The predicted octanol–water partition coefficient (Wildman–Crippen LogP) is 5.93. The normalized spacial score (nSPS) is 10.7. The van der Waals surface area contributed by atoms with Crippen LogP contribution in [0.2, 0.25) is 0 Å². The SMILES string of the molecule is CC(=O)ON(C(=O)CSc1snnc1-c1ccc(Br)cc1Br)c1c(C)cccc1S. The van der Waals surface area contributed by atoms with E-state index in [1.807, 2.05) is 37.3 Å². The number of para-hydroxylation sites is 1. The lowest BCUT2D eigenvalue weighted by atomic mass is 10.2. The zero-order chi connectivity index (χ0) is 21.8. The van der Waals surface area contributed by atoms with Gasteiger partial charge in [0.1, 0.15) is 15.6 Å². The molecule has 1 amide bonds. The smallest absolute Gasteiger partial charge is 0.330 e. The number of amides is 1. The Morgan fingerprint density at radius 2 is 2.03 bits per heavy atom. The van der Waals surface area contributed by atoms with Crippen LogP contribution in [0.3, 0.4) is 0 Å². The third kappa shape index (κ3) is 5.44.